The Morgan fingerprint density at radius 2 is 1.95 bits per heavy atom. The van der Waals surface area contributed by atoms with E-state index in [1.807, 2.05) is 31.2 Å². The van der Waals surface area contributed by atoms with Gasteiger partial charge in [0.25, 0.3) is 0 Å². The molecule has 0 aliphatic heterocycles. The fraction of sp³-hybridized carbons (Fsp3) is 0.267. The van der Waals surface area contributed by atoms with Crippen molar-refractivity contribution in [3.05, 3.63) is 51.7 Å². The third-order valence-electron chi connectivity index (χ3n) is 2.91. The first-order valence-electron chi connectivity index (χ1n) is 6.24. The van der Waals surface area contributed by atoms with Gasteiger partial charge in [-0.1, -0.05) is 12.1 Å². The molecule has 1 heterocycles. The van der Waals surface area contributed by atoms with Gasteiger partial charge in [-0.3, -0.25) is 4.79 Å². The maximum atomic E-state index is 12.0. The van der Waals surface area contributed by atoms with Crippen LogP contribution in [0.25, 0.3) is 0 Å². The smallest absolute Gasteiger partial charge is 0.224 e. The lowest BCUT2D eigenvalue weighted by Gasteiger charge is -2.12. The van der Waals surface area contributed by atoms with E-state index in [1.54, 1.807) is 11.3 Å². The van der Waals surface area contributed by atoms with Gasteiger partial charge in [-0.15, -0.1) is 11.3 Å². The summed E-state index contributed by atoms with van der Waals surface area (Å²) in [6, 6.07) is 11.6. The molecule has 1 aromatic heterocycles. The highest BCUT2D eigenvalue weighted by Gasteiger charge is 2.11. The number of carbonyl (C=O) groups is 1. The van der Waals surface area contributed by atoms with E-state index >= 15 is 0 Å². The van der Waals surface area contributed by atoms with Crippen LogP contribution < -0.4 is 11.1 Å². The van der Waals surface area contributed by atoms with E-state index in [-0.39, 0.29) is 11.9 Å². The van der Waals surface area contributed by atoms with E-state index in [9.17, 15) is 4.79 Å². The van der Waals surface area contributed by atoms with Crippen molar-refractivity contribution in [2.24, 2.45) is 0 Å². The molecule has 1 atom stereocenters. The second kappa shape index (κ2) is 5.89. The molecule has 4 heteroatoms. The molecule has 0 aliphatic rings. The molecule has 0 spiro atoms. The van der Waals surface area contributed by atoms with Gasteiger partial charge in [0.2, 0.25) is 5.91 Å². The first-order chi connectivity index (χ1) is 9.04. The zero-order valence-corrected chi connectivity index (χ0v) is 12.0. The Bertz CT molecular complexity index is 560. The van der Waals surface area contributed by atoms with Gasteiger partial charge in [-0.2, -0.15) is 0 Å². The van der Waals surface area contributed by atoms with Gasteiger partial charge in [-0.25, -0.2) is 0 Å². The predicted octanol–water partition coefficient (Wildman–Crippen LogP) is 3.06. The number of rotatable bonds is 4. The Balaban J connectivity index is 1.92. The summed E-state index contributed by atoms with van der Waals surface area (Å²) in [6.07, 6.45) is 0.384. The molecule has 0 bridgehead atoms. The summed E-state index contributed by atoms with van der Waals surface area (Å²) in [5.74, 6) is 0.0309. The minimum atomic E-state index is 0.0309. The van der Waals surface area contributed by atoms with Crippen LogP contribution in [0.3, 0.4) is 0 Å². The van der Waals surface area contributed by atoms with E-state index < -0.39 is 0 Å². The van der Waals surface area contributed by atoms with Crippen LogP contribution in [0.2, 0.25) is 0 Å². The Kier molecular flexibility index (Phi) is 4.22. The molecular formula is C15H18N2OS. The summed E-state index contributed by atoms with van der Waals surface area (Å²) >= 11 is 1.71. The Labute approximate surface area is 117 Å². The average molecular weight is 274 g/mol. The molecular weight excluding hydrogens is 256 g/mol. The molecule has 100 valence electrons. The molecule has 0 fully saturated rings. The van der Waals surface area contributed by atoms with Crippen molar-refractivity contribution in [1.29, 1.82) is 0 Å². The van der Waals surface area contributed by atoms with E-state index in [2.05, 4.69) is 24.4 Å². The van der Waals surface area contributed by atoms with Crippen LogP contribution in [0.1, 0.15) is 28.3 Å². The van der Waals surface area contributed by atoms with Gasteiger partial charge in [0.1, 0.15) is 0 Å². The summed E-state index contributed by atoms with van der Waals surface area (Å²) in [5.41, 5.74) is 7.31. The first-order valence-corrected chi connectivity index (χ1v) is 7.06. The number of amides is 1. The van der Waals surface area contributed by atoms with Crippen molar-refractivity contribution < 1.29 is 4.79 Å². The van der Waals surface area contributed by atoms with E-state index in [0.717, 1.165) is 5.56 Å². The third kappa shape index (κ3) is 3.83. The van der Waals surface area contributed by atoms with Crippen molar-refractivity contribution in [1.82, 2.24) is 5.32 Å². The Hall–Kier alpha value is -1.81. The minimum absolute atomic E-state index is 0.0309. The number of hydrogen-bond acceptors (Lipinski definition) is 3. The van der Waals surface area contributed by atoms with Crippen LogP contribution in [0.5, 0.6) is 0 Å². The molecule has 1 amide bonds. The Morgan fingerprint density at radius 3 is 2.53 bits per heavy atom. The van der Waals surface area contributed by atoms with Gasteiger partial charge in [0, 0.05) is 15.4 Å². The van der Waals surface area contributed by atoms with E-state index in [1.165, 1.54) is 9.75 Å². The number of benzene rings is 1. The highest BCUT2D eigenvalue weighted by molar-refractivity contribution is 7.12. The molecule has 0 saturated heterocycles. The number of thiophene rings is 1. The second-order valence-corrected chi connectivity index (χ2v) is 5.98. The number of anilines is 1. The fourth-order valence-corrected chi connectivity index (χ4v) is 2.75. The largest absolute Gasteiger partial charge is 0.399 e. The third-order valence-corrected chi connectivity index (χ3v) is 4.09. The van der Waals surface area contributed by atoms with Crippen molar-refractivity contribution in [3.8, 4) is 0 Å². The van der Waals surface area contributed by atoms with Crippen LogP contribution in [-0.2, 0) is 11.2 Å². The molecule has 0 saturated carbocycles. The van der Waals surface area contributed by atoms with Crippen molar-refractivity contribution >= 4 is 22.9 Å². The normalized spacial score (nSPS) is 12.1. The molecule has 1 unspecified atom stereocenters. The summed E-state index contributed by atoms with van der Waals surface area (Å²) < 4.78 is 0. The van der Waals surface area contributed by atoms with Crippen molar-refractivity contribution in [2.75, 3.05) is 5.73 Å². The number of nitrogens with one attached hydrogen (secondary N) is 1. The molecule has 1 aromatic carbocycles. The van der Waals surface area contributed by atoms with Gasteiger partial charge in [-0.05, 0) is 43.7 Å². The molecule has 0 aliphatic carbocycles. The zero-order chi connectivity index (χ0) is 13.8. The van der Waals surface area contributed by atoms with Gasteiger partial charge < -0.3 is 11.1 Å². The highest BCUT2D eigenvalue weighted by Crippen LogP contribution is 2.22. The van der Waals surface area contributed by atoms with Gasteiger partial charge in [0.15, 0.2) is 0 Å². The van der Waals surface area contributed by atoms with Crippen molar-refractivity contribution in [2.45, 2.75) is 26.3 Å². The summed E-state index contributed by atoms with van der Waals surface area (Å²) in [4.78, 5) is 14.4. The lowest BCUT2D eigenvalue weighted by molar-refractivity contribution is -0.121. The molecule has 2 rings (SSSR count). The molecule has 3 nitrogen and oxygen atoms in total. The molecule has 3 N–H and O–H groups in total. The van der Waals surface area contributed by atoms with Crippen molar-refractivity contribution in [3.63, 3.8) is 0 Å². The van der Waals surface area contributed by atoms with Crippen LogP contribution >= 0.6 is 11.3 Å². The summed E-state index contributed by atoms with van der Waals surface area (Å²) in [5, 5.41) is 3.01. The standard InChI is InChI=1S/C15H18N2OS/c1-10-3-8-14(19-10)11(2)17-15(18)9-12-4-6-13(16)7-5-12/h3-8,11H,9,16H2,1-2H3,(H,17,18). The quantitative estimate of drug-likeness (QED) is 0.842. The van der Waals surface area contributed by atoms with Crippen LogP contribution in [0.15, 0.2) is 36.4 Å². The second-order valence-electron chi connectivity index (χ2n) is 4.66. The first kappa shape index (κ1) is 13.6. The van der Waals surface area contributed by atoms with Crippen LogP contribution in [0, 0.1) is 6.92 Å². The lowest BCUT2D eigenvalue weighted by atomic mass is 10.1. The molecule has 19 heavy (non-hydrogen) atoms. The zero-order valence-electron chi connectivity index (χ0n) is 11.1. The van der Waals surface area contributed by atoms with E-state index in [4.69, 9.17) is 5.73 Å². The number of aryl methyl sites for hydroxylation is 1. The van der Waals surface area contributed by atoms with Gasteiger partial charge >= 0.3 is 0 Å². The molecule has 2 aromatic rings. The number of nitrogens with two attached hydrogens (primary N) is 1. The van der Waals surface area contributed by atoms with Crippen LogP contribution in [-0.4, -0.2) is 5.91 Å². The lowest BCUT2D eigenvalue weighted by Crippen LogP contribution is -2.27. The van der Waals surface area contributed by atoms with Gasteiger partial charge in [0.05, 0.1) is 12.5 Å². The SMILES string of the molecule is Cc1ccc(C(C)NC(=O)Cc2ccc(N)cc2)s1. The average Bonchev–Trinajstić information content (AvgIpc) is 2.79. The number of nitrogen functional groups attached to an aromatic ring is 1. The maximum Gasteiger partial charge on any atom is 0.224 e. The summed E-state index contributed by atoms with van der Waals surface area (Å²) in [7, 11) is 0. The molecule has 0 radical (unpaired) electrons. The van der Waals surface area contributed by atoms with Crippen LogP contribution in [0.4, 0.5) is 5.69 Å². The highest BCUT2D eigenvalue weighted by atomic mass is 32.1. The minimum Gasteiger partial charge on any atom is -0.399 e. The predicted molar refractivity (Wildman–Crippen MR) is 80.2 cm³/mol. The number of hydrogen-bond donors (Lipinski definition) is 2. The Morgan fingerprint density at radius 1 is 1.26 bits per heavy atom. The topological polar surface area (TPSA) is 55.1 Å². The fourth-order valence-electron chi connectivity index (χ4n) is 1.87. The monoisotopic (exact) mass is 274 g/mol. The number of carbonyl (C=O) groups excluding carboxylic acids is 1. The maximum absolute atomic E-state index is 12.0. The summed E-state index contributed by atoms with van der Waals surface area (Å²) in [6.45, 7) is 4.07. The van der Waals surface area contributed by atoms with E-state index in [0.29, 0.717) is 12.1 Å².